The molecule has 1 heterocycles. The van der Waals surface area contributed by atoms with Gasteiger partial charge in [-0.1, -0.05) is 0 Å². The standard InChI is InChI=1S/C14H18FN3O3/c1-8-4-3-5-9(2)17(8)14(19)10-6-12(16)11(15)7-13(10)18(20)21/h6-9H,3-5,16H2,1-2H3/t8-,9+. The number of nitro groups is 1. The Kier molecular flexibility index (Phi) is 4.11. The largest absolute Gasteiger partial charge is 0.396 e. The van der Waals surface area contributed by atoms with Gasteiger partial charge in [0.25, 0.3) is 11.6 Å². The van der Waals surface area contributed by atoms with Gasteiger partial charge >= 0.3 is 0 Å². The van der Waals surface area contributed by atoms with Crippen LogP contribution < -0.4 is 5.73 Å². The molecular formula is C14H18FN3O3. The van der Waals surface area contributed by atoms with E-state index in [0.717, 1.165) is 25.3 Å². The maximum absolute atomic E-state index is 13.4. The number of piperidine rings is 1. The lowest BCUT2D eigenvalue weighted by molar-refractivity contribution is -0.385. The van der Waals surface area contributed by atoms with Crippen LogP contribution >= 0.6 is 0 Å². The molecule has 1 aliphatic heterocycles. The van der Waals surface area contributed by atoms with Gasteiger partial charge in [0.05, 0.1) is 16.7 Å². The quantitative estimate of drug-likeness (QED) is 0.516. The van der Waals surface area contributed by atoms with Crippen LogP contribution in [-0.4, -0.2) is 27.8 Å². The molecular weight excluding hydrogens is 277 g/mol. The molecule has 7 heteroatoms. The van der Waals surface area contributed by atoms with Crippen molar-refractivity contribution in [2.45, 2.75) is 45.2 Å². The number of carbonyl (C=O) groups is 1. The summed E-state index contributed by atoms with van der Waals surface area (Å²) in [6, 6.07) is 1.75. The van der Waals surface area contributed by atoms with Gasteiger partial charge in [-0.3, -0.25) is 14.9 Å². The lowest BCUT2D eigenvalue weighted by Gasteiger charge is -2.39. The van der Waals surface area contributed by atoms with Gasteiger partial charge in [0, 0.05) is 12.1 Å². The number of halogens is 1. The first-order valence-corrected chi connectivity index (χ1v) is 6.89. The first-order valence-electron chi connectivity index (χ1n) is 6.89. The predicted molar refractivity (Wildman–Crippen MR) is 76.4 cm³/mol. The third-order valence-electron chi connectivity index (χ3n) is 3.97. The van der Waals surface area contributed by atoms with E-state index < -0.39 is 22.3 Å². The second kappa shape index (κ2) is 5.67. The Hall–Kier alpha value is -2.18. The molecule has 1 saturated heterocycles. The Balaban J connectivity index is 2.47. The normalized spacial score (nSPS) is 22.1. The molecule has 1 fully saturated rings. The van der Waals surface area contributed by atoms with Crippen molar-refractivity contribution in [3.8, 4) is 0 Å². The first kappa shape index (κ1) is 15.2. The van der Waals surface area contributed by atoms with Crippen LogP contribution in [0.25, 0.3) is 0 Å². The topological polar surface area (TPSA) is 89.5 Å². The van der Waals surface area contributed by atoms with Crippen LogP contribution in [0.1, 0.15) is 43.5 Å². The highest BCUT2D eigenvalue weighted by Gasteiger charge is 2.33. The fraction of sp³-hybridized carbons (Fsp3) is 0.500. The Morgan fingerprint density at radius 3 is 2.48 bits per heavy atom. The minimum atomic E-state index is -0.891. The van der Waals surface area contributed by atoms with Crippen LogP contribution in [0.2, 0.25) is 0 Å². The number of hydrogen-bond acceptors (Lipinski definition) is 4. The summed E-state index contributed by atoms with van der Waals surface area (Å²) in [5.74, 6) is -1.36. The molecule has 1 aliphatic rings. The molecule has 2 rings (SSSR count). The third-order valence-corrected chi connectivity index (χ3v) is 3.97. The van der Waals surface area contributed by atoms with Crippen molar-refractivity contribution in [1.29, 1.82) is 0 Å². The van der Waals surface area contributed by atoms with E-state index in [0.29, 0.717) is 6.07 Å². The van der Waals surface area contributed by atoms with E-state index in [2.05, 4.69) is 0 Å². The number of nitro benzene ring substituents is 1. The lowest BCUT2D eigenvalue weighted by atomic mass is 9.96. The number of anilines is 1. The van der Waals surface area contributed by atoms with Gasteiger partial charge in [-0.05, 0) is 39.2 Å². The Bertz CT molecular complexity index is 581. The first-order chi connectivity index (χ1) is 9.82. The number of nitrogens with zero attached hydrogens (tertiary/aromatic N) is 2. The minimum absolute atomic E-state index is 0.00729. The highest BCUT2D eigenvalue weighted by Crippen LogP contribution is 2.30. The Labute approximate surface area is 121 Å². The van der Waals surface area contributed by atoms with Crippen molar-refractivity contribution in [3.05, 3.63) is 33.6 Å². The van der Waals surface area contributed by atoms with Crippen LogP contribution in [0.5, 0.6) is 0 Å². The summed E-state index contributed by atoms with van der Waals surface area (Å²) in [7, 11) is 0. The molecule has 1 aromatic carbocycles. The lowest BCUT2D eigenvalue weighted by Crippen LogP contribution is -2.47. The molecule has 2 N–H and O–H groups in total. The highest BCUT2D eigenvalue weighted by molar-refractivity contribution is 5.99. The highest BCUT2D eigenvalue weighted by atomic mass is 19.1. The van der Waals surface area contributed by atoms with Crippen LogP contribution in [0.3, 0.4) is 0 Å². The molecule has 0 radical (unpaired) electrons. The van der Waals surface area contributed by atoms with Gasteiger partial charge in [0.15, 0.2) is 5.82 Å². The summed E-state index contributed by atoms with van der Waals surface area (Å²) in [4.78, 5) is 24.6. The monoisotopic (exact) mass is 295 g/mol. The summed E-state index contributed by atoms with van der Waals surface area (Å²) in [6.07, 6.45) is 2.71. The van der Waals surface area contributed by atoms with E-state index in [1.807, 2.05) is 13.8 Å². The molecule has 2 atom stereocenters. The van der Waals surface area contributed by atoms with Crippen molar-refractivity contribution in [2.75, 3.05) is 5.73 Å². The molecule has 21 heavy (non-hydrogen) atoms. The summed E-state index contributed by atoms with van der Waals surface area (Å²) < 4.78 is 13.4. The van der Waals surface area contributed by atoms with Crippen molar-refractivity contribution >= 4 is 17.3 Å². The Morgan fingerprint density at radius 2 is 1.95 bits per heavy atom. The Morgan fingerprint density at radius 1 is 1.38 bits per heavy atom. The molecule has 1 amide bonds. The molecule has 0 aliphatic carbocycles. The summed E-state index contributed by atoms with van der Waals surface area (Å²) in [6.45, 7) is 3.82. The van der Waals surface area contributed by atoms with Gasteiger partial charge in [0.1, 0.15) is 5.56 Å². The number of likely N-dealkylation sites (tertiary alicyclic amines) is 1. The third kappa shape index (κ3) is 2.81. The number of rotatable bonds is 2. The van der Waals surface area contributed by atoms with Gasteiger partial charge in [-0.2, -0.15) is 0 Å². The smallest absolute Gasteiger partial charge is 0.285 e. The number of nitrogens with two attached hydrogens (primary N) is 1. The second-order valence-corrected chi connectivity index (χ2v) is 5.49. The number of nitrogen functional groups attached to an aromatic ring is 1. The van der Waals surface area contributed by atoms with Crippen molar-refractivity contribution in [1.82, 2.24) is 4.90 Å². The molecule has 6 nitrogen and oxygen atoms in total. The summed E-state index contributed by atoms with van der Waals surface area (Å²) in [5.41, 5.74) is 4.50. The minimum Gasteiger partial charge on any atom is -0.396 e. The van der Waals surface area contributed by atoms with E-state index in [-0.39, 0.29) is 23.3 Å². The van der Waals surface area contributed by atoms with Crippen LogP contribution in [0.15, 0.2) is 12.1 Å². The van der Waals surface area contributed by atoms with Gasteiger partial charge in [0.2, 0.25) is 0 Å². The molecule has 1 aromatic rings. The molecule has 0 aromatic heterocycles. The van der Waals surface area contributed by atoms with Crippen LogP contribution in [-0.2, 0) is 0 Å². The number of amides is 1. The summed E-state index contributed by atoms with van der Waals surface area (Å²) >= 11 is 0. The maximum Gasteiger partial charge on any atom is 0.285 e. The summed E-state index contributed by atoms with van der Waals surface area (Å²) in [5, 5.41) is 11.1. The fourth-order valence-electron chi connectivity index (χ4n) is 2.86. The molecule has 0 unspecified atom stereocenters. The van der Waals surface area contributed by atoms with E-state index in [9.17, 15) is 19.3 Å². The number of benzene rings is 1. The average molecular weight is 295 g/mol. The zero-order valence-electron chi connectivity index (χ0n) is 12.0. The fourth-order valence-corrected chi connectivity index (χ4v) is 2.86. The molecule has 114 valence electrons. The van der Waals surface area contributed by atoms with Crippen LogP contribution in [0, 0.1) is 15.9 Å². The van der Waals surface area contributed by atoms with Gasteiger partial charge < -0.3 is 10.6 Å². The van der Waals surface area contributed by atoms with Gasteiger partial charge in [-0.25, -0.2) is 4.39 Å². The predicted octanol–water partition coefficient (Wildman–Crippen LogP) is 2.72. The van der Waals surface area contributed by atoms with Gasteiger partial charge in [-0.15, -0.1) is 0 Å². The zero-order valence-corrected chi connectivity index (χ0v) is 12.0. The maximum atomic E-state index is 13.4. The molecule has 0 bridgehead atoms. The van der Waals surface area contributed by atoms with Crippen molar-refractivity contribution < 1.29 is 14.1 Å². The number of hydrogen-bond donors (Lipinski definition) is 1. The van der Waals surface area contributed by atoms with Crippen molar-refractivity contribution in [3.63, 3.8) is 0 Å². The van der Waals surface area contributed by atoms with E-state index in [1.54, 1.807) is 4.90 Å². The van der Waals surface area contributed by atoms with Crippen LogP contribution in [0.4, 0.5) is 15.8 Å². The molecule has 0 saturated carbocycles. The second-order valence-electron chi connectivity index (χ2n) is 5.49. The van der Waals surface area contributed by atoms with E-state index >= 15 is 0 Å². The zero-order chi connectivity index (χ0) is 15.7. The van der Waals surface area contributed by atoms with Crippen molar-refractivity contribution in [2.24, 2.45) is 0 Å². The van der Waals surface area contributed by atoms with E-state index in [4.69, 9.17) is 5.73 Å². The number of carbonyl (C=O) groups excluding carboxylic acids is 1. The average Bonchev–Trinajstić information content (AvgIpc) is 2.40. The van der Waals surface area contributed by atoms with E-state index in [1.165, 1.54) is 0 Å². The molecule has 0 spiro atoms. The SMILES string of the molecule is C[C@@H]1CCC[C@H](C)N1C(=O)c1cc(N)c(F)cc1[N+](=O)[O-].